The van der Waals surface area contributed by atoms with Crippen molar-refractivity contribution in [2.24, 2.45) is 7.05 Å². The van der Waals surface area contributed by atoms with Crippen molar-refractivity contribution in [2.75, 3.05) is 13.7 Å². The van der Waals surface area contributed by atoms with Crippen LogP contribution in [0.3, 0.4) is 0 Å². The second kappa shape index (κ2) is 8.27. The van der Waals surface area contributed by atoms with E-state index in [-0.39, 0.29) is 12.5 Å². The Labute approximate surface area is 174 Å². The molecule has 0 aliphatic carbocycles. The fourth-order valence-corrected chi connectivity index (χ4v) is 3.71. The summed E-state index contributed by atoms with van der Waals surface area (Å²) in [5, 5.41) is 8.60. The van der Waals surface area contributed by atoms with Crippen LogP contribution < -0.4 is 4.74 Å². The fraction of sp³-hybridized carbons (Fsp3) is 0.429. The molecule has 30 heavy (non-hydrogen) atoms. The Bertz CT molecular complexity index is 1070. The van der Waals surface area contributed by atoms with Gasteiger partial charge in [0.1, 0.15) is 18.1 Å². The van der Waals surface area contributed by atoms with Gasteiger partial charge >= 0.3 is 0 Å². The highest BCUT2D eigenvalue weighted by molar-refractivity contribution is 5.94. The zero-order valence-electron chi connectivity index (χ0n) is 17.6. The fourth-order valence-electron chi connectivity index (χ4n) is 3.71. The van der Waals surface area contributed by atoms with Gasteiger partial charge in [-0.15, -0.1) is 0 Å². The maximum Gasteiger partial charge on any atom is 0.276 e. The molecule has 0 fully saturated rings. The first-order valence-electron chi connectivity index (χ1n) is 9.80. The van der Waals surface area contributed by atoms with Crippen molar-refractivity contribution in [3.05, 3.63) is 57.9 Å². The quantitative estimate of drug-likeness (QED) is 0.614. The van der Waals surface area contributed by atoms with Gasteiger partial charge in [0.05, 0.1) is 12.2 Å². The number of hydrogen-bond acceptors (Lipinski definition) is 7. The summed E-state index contributed by atoms with van der Waals surface area (Å²) in [6, 6.07) is 3.80. The molecule has 4 rings (SSSR count). The average molecular weight is 411 g/mol. The van der Waals surface area contributed by atoms with Crippen molar-refractivity contribution in [1.29, 1.82) is 0 Å². The van der Waals surface area contributed by atoms with Gasteiger partial charge in [-0.1, -0.05) is 5.16 Å². The summed E-state index contributed by atoms with van der Waals surface area (Å²) in [4.78, 5) is 19.1. The number of carbonyl (C=O) groups is 1. The van der Waals surface area contributed by atoms with Crippen LogP contribution in [0.4, 0.5) is 0 Å². The van der Waals surface area contributed by atoms with Crippen molar-refractivity contribution in [3.8, 4) is 5.88 Å². The molecule has 0 saturated carbocycles. The SMILES string of the molecule is COCc1c(C(=O)N2CCc3c(c(COc4cc(C)ccn4)nn3C)C2)noc1C. The van der Waals surface area contributed by atoms with E-state index in [1.165, 1.54) is 0 Å². The van der Waals surface area contributed by atoms with E-state index in [0.717, 1.165) is 22.5 Å². The highest BCUT2D eigenvalue weighted by Crippen LogP contribution is 2.26. The summed E-state index contributed by atoms with van der Waals surface area (Å²) in [6.45, 7) is 5.38. The maximum atomic E-state index is 13.1. The van der Waals surface area contributed by atoms with Crippen LogP contribution in [0.15, 0.2) is 22.9 Å². The predicted octanol–water partition coefficient (Wildman–Crippen LogP) is 2.34. The first-order chi connectivity index (χ1) is 14.5. The molecule has 0 unspecified atom stereocenters. The normalized spacial score (nSPS) is 13.4. The molecule has 3 aromatic rings. The predicted molar refractivity (Wildman–Crippen MR) is 107 cm³/mol. The first-order valence-corrected chi connectivity index (χ1v) is 9.80. The van der Waals surface area contributed by atoms with E-state index in [9.17, 15) is 4.79 Å². The topological polar surface area (TPSA) is 95.5 Å². The summed E-state index contributed by atoms with van der Waals surface area (Å²) in [6.07, 6.45) is 2.43. The molecule has 4 heterocycles. The number of hydrogen-bond donors (Lipinski definition) is 0. The molecule has 1 aliphatic heterocycles. The lowest BCUT2D eigenvalue weighted by Gasteiger charge is -2.27. The van der Waals surface area contributed by atoms with Gasteiger partial charge in [-0.3, -0.25) is 9.48 Å². The smallest absolute Gasteiger partial charge is 0.276 e. The summed E-state index contributed by atoms with van der Waals surface area (Å²) in [5.74, 6) is 0.986. The largest absolute Gasteiger partial charge is 0.471 e. The van der Waals surface area contributed by atoms with Crippen LogP contribution in [0.2, 0.25) is 0 Å². The van der Waals surface area contributed by atoms with E-state index in [1.54, 1.807) is 25.1 Å². The van der Waals surface area contributed by atoms with E-state index in [1.807, 2.05) is 30.8 Å². The standard InChI is InChI=1S/C21H25N5O4/c1-13-5-7-22-19(9-13)29-12-17-15-10-26(8-6-18(15)25(3)23-17)21(27)20-16(11-28-4)14(2)30-24-20/h5,7,9H,6,8,10-12H2,1-4H3. The minimum atomic E-state index is -0.166. The van der Waals surface area contributed by atoms with E-state index in [4.69, 9.17) is 14.0 Å². The molecule has 1 aliphatic rings. The molecule has 0 bridgehead atoms. The Kier molecular flexibility index (Phi) is 5.54. The highest BCUT2D eigenvalue weighted by Gasteiger charge is 2.30. The van der Waals surface area contributed by atoms with Crippen LogP contribution in [0, 0.1) is 13.8 Å². The number of ether oxygens (including phenoxy) is 2. The number of pyridine rings is 1. The van der Waals surface area contributed by atoms with Gasteiger partial charge in [-0.05, 0) is 25.5 Å². The van der Waals surface area contributed by atoms with Gasteiger partial charge in [0.2, 0.25) is 5.88 Å². The van der Waals surface area contributed by atoms with Gasteiger partial charge < -0.3 is 18.9 Å². The Hall–Kier alpha value is -3.20. The third kappa shape index (κ3) is 3.80. The van der Waals surface area contributed by atoms with Crippen LogP contribution in [0.5, 0.6) is 5.88 Å². The molecular formula is C21H25N5O4. The van der Waals surface area contributed by atoms with Crippen molar-refractivity contribution < 1.29 is 18.8 Å². The monoisotopic (exact) mass is 411 g/mol. The first kappa shape index (κ1) is 20.1. The lowest BCUT2D eigenvalue weighted by atomic mass is 10.0. The third-order valence-electron chi connectivity index (χ3n) is 5.34. The molecule has 3 aromatic heterocycles. The van der Waals surface area contributed by atoms with Gasteiger partial charge in [-0.2, -0.15) is 5.10 Å². The number of methoxy groups -OCH3 is 1. The van der Waals surface area contributed by atoms with Crippen molar-refractivity contribution in [3.63, 3.8) is 0 Å². The highest BCUT2D eigenvalue weighted by atomic mass is 16.5. The number of carbonyl (C=O) groups excluding carboxylic acids is 1. The molecule has 1 amide bonds. The summed E-state index contributed by atoms with van der Waals surface area (Å²) >= 11 is 0. The van der Waals surface area contributed by atoms with Crippen LogP contribution >= 0.6 is 0 Å². The maximum absolute atomic E-state index is 13.1. The summed E-state index contributed by atoms with van der Waals surface area (Å²) in [7, 11) is 3.50. The van der Waals surface area contributed by atoms with E-state index in [0.29, 0.717) is 49.0 Å². The molecule has 0 N–H and O–H groups in total. The van der Waals surface area contributed by atoms with Crippen molar-refractivity contribution >= 4 is 5.91 Å². The van der Waals surface area contributed by atoms with E-state index in [2.05, 4.69) is 15.2 Å². The molecule has 0 spiro atoms. The number of fused-ring (bicyclic) bond motifs is 1. The molecule has 0 aromatic carbocycles. The molecule has 0 saturated heterocycles. The van der Waals surface area contributed by atoms with Crippen LogP contribution in [-0.4, -0.2) is 44.4 Å². The van der Waals surface area contributed by atoms with Gasteiger partial charge in [0.15, 0.2) is 5.69 Å². The lowest BCUT2D eigenvalue weighted by molar-refractivity contribution is 0.0717. The second-order valence-corrected chi connectivity index (χ2v) is 7.43. The third-order valence-corrected chi connectivity index (χ3v) is 5.34. The molecule has 158 valence electrons. The molecule has 0 atom stereocenters. The Balaban J connectivity index is 1.54. The van der Waals surface area contributed by atoms with E-state index < -0.39 is 0 Å². The summed E-state index contributed by atoms with van der Waals surface area (Å²) < 4.78 is 18.2. The Morgan fingerprint density at radius 2 is 2.13 bits per heavy atom. The van der Waals surface area contributed by atoms with Crippen molar-refractivity contribution in [2.45, 2.75) is 40.0 Å². The van der Waals surface area contributed by atoms with Crippen LogP contribution in [-0.2, 0) is 38.0 Å². The minimum absolute atomic E-state index is 0.166. The van der Waals surface area contributed by atoms with Gasteiger partial charge in [-0.25, -0.2) is 4.98 Å². The van der Waals surface area contributed by atoms with Gasteiger partial charge in [0.25, 0.3) is 5.91 Å². The van der Waals surface area contributed by atoms with Crippen molar-refractivity contribution in [1.82, 2.24) is 24.8 Å². The Morgan fingerprint density at radius 1 is 1.30 bits per heavy atom. The second-order valence-electron chi connectivity index (χ2n) is 7.43. The van der Waals surface area contributed by atoms with Crippen LogP contribution in [0.25, 0.3) is 0 Å². The molecule has 9 heteroatoms. The van der Waals surface area contributed by atoms with E-state index >= 15 is 0 Å². The number of nitrogens with zero attached hydrogens (tertiary/aromatic N) is 5. The Morgan fingerprint density at radius 3 is 2.90 bits per heavy atom. The molecular weight excluding hydrogens is 386 g/mol. The van der Waals surface area contributed by atoms with Crippen LogP contribution in [0.1, 0.15) is 44.3 Å². The minimum Gasteiger partial charge on any atom is -0.471 e. The average Bonchev–Trinajstić information content (AvgIpc) is 3.26. The molecule has 0 radical (unpaired) electrons. The zero-order valence-corrected chi connectivity index (χ0v) is 17.6. The number of aryl methyl sites for hydroxylation is 3. The number of amides is 1. The number of aromatic nitrogens is 4. The van der Waals surface area contributed by atoms with Gasteiger partial charge in [0, 0.05) is 57.2 Å². The number of rotatable bonds is 6. The lowest BCUT2D eigenvalue weighted by Crippen LogP contribution is -2.37. The zero-order chi connectivity index (χ0) is 21.3. The molecule has 9 nitrogen and oxygen atoms in total. The summed E-state index contributed by atoms with van der Waals surface area (Å²) in [5.41, 5.74) is 5.01.